The van der Waals surface area contributed by atoms with Gasteiger partial charge in [-0.1, -0.05) is 30.1 Å². The lowest BCUT2D eigenvalue weighted by atomic mass is 10.2. The quantitative estimate of drug-likeness (QED) is 0.838. The Hall–Kier alpha value is -0.330. The van der Waals surface area contributed by atoms with Crippen LogP contribution in [0.25, 0.3) is 0 Å². The van der Waals surface area contributed by atoms with Gasteiger partial charge in [-0.3, -0.25) is 0 Å². The number of sulfonamides is 1. The molecule has 1 aromatic carbocycles. The Labute approximate surface area is 136 Å². The zero-order valence-corrected chi connectivity index (χ0v) is 14.6. The van der Waals surface area contributed by atoms with Crippen LogP contribution in [0.5, 0.6) is 0 Å². The van der Waals surface area contributed by atoms with Gasteiger partial charge < -0.3 is 4.74 Å². The van der Waals surface area contributed by atoms with E-state index in [9.17, 15) is 8.42 Å². The Morgan fingerprint density at radius 3 is 2.67 bits per heavy atom. The van der Waals surface area contributed by atoms with E-state index >= 15 is 0 Å². The third kappa shape index (κ3) is 3.22. The number of rotatable bonds is 3. The fourth-order valence-electron chi connectivity index (χ4n) is 2.41. The Balaban J connectivity index is 2.50. The summed E-state index contributed by atoms with van der Waals surface area (Å²) in [6, 6.07) is 1.69. The van der Waals surface area contributed by atoms with Crippen molar-refractivity contribution in [3.05, 3.63) is 27.2 Å². The fourth-order valence-corrected chi connectivity index (χ4v) is 5.03. The highest BCUT2D eigenvalue weighted by Gasteiger charge is 2.33. The minimum absolute atomic E-state index is 0.0760. The van der Waals surface area contributed by atoms with Crippen LogP contribution in [-0.2, 0) is 14.8 Å². The van der Waals surface area contributed by atoms with Gasteiger partial charge in [0.05, 0.1) is 17.7 Å². The molecule has 4 nitrogen and oxygen atoms in total. The monoisotopic (exact) mass is 351 g/mol. The van der Waals surface area contributed by atoms with Crippen LogP contribution in [0.4, 0.5) is 0 Å². The Bertz CT molecular complexity index is 620. The smallest absolute Gasteiger partial charge is 0.245 e. The number of halogens is 2. The molecule has 0 N–H and O–H groups in total. The molecule has 0 spiro atoms. The summed E-state index contributed by atoms with van der Waals surface area (Å²) in [7, 11) is -3.67. The third-order valence-corrected chi connectivity index (χ3v) is 6.77. The molecule has 1 fully saturated rings. The van der Waals surface area contributed by atoms with Crippen LogP contribution in [0.1, 0.15) is 24.5 Å². The van der Waals surface area contributed by atoms with Crippen molar-refractivity contribution in [3.63, 3.8) is 0 Å². The summed E-state index contributed by atoms with van der Waals surface area (Å²) in [6.45, 7) is 6.48. The normalized spacial score (nSPS) is 20.7. The van der Waals surface area contributed by atoms with Crippen molar-refractivity contribution in [3.8, 4) is 0 Å². The highest BCUT2D eigenvalue weighted by atomic mass is 35.5. The van der Waals surface area contributed by atoms with Gasteiger partial charge in [-0.15, -0.1) is 0 Å². The minimum Gasteiger partial charge on any atom is -0.375 e. The van der Waals surface area contributed by atoms with Gasteiger partial charge in [-0.2, -0.15) is 4.31 Å². The molecule has 0 radical (unpaired) electrons. The minimum atomic E-state index is -3.67. The molecule has 0 unspecified atom stereocenters. The van der Waals surface area contributed by atoms with E-state index in [2.05, 4.69) is 0 Å². The molecular weight excluding hydrogens is 333 g/mol. The van der Waals surface area contributed by atoms with E-state index in [0.717, 1.165) is 6.42 Å². The first-order valence-electron chi connectivity index (χ1n) is 6.86. The maximum atomic E-state index is 12.9. The van der Waals surface area contributed by atoms with Gasteiger partial charge in [-0.25, -0.2) is 8.42 Å². The molecule has 1 aliphatic heterocycles. The van der Waals surface area contributed by atoms with Crippen LogP contribution in [0.2, 0.25) is 10.0 Å². The highest BCUT2D eigenvalue weighted by molar-refractivity contribution is 7.89. The number of benzene rings is 1. The molecule has 118 valence electrons. The first kappa shape index (κ1) is 17.0. The standard InChI is InChI=1S/C14H19Cl2NO3S/c1-4-11-8-17(5-6-20-11)21(18,19)14-10(3)12(15)7-9(2)13(14)16/h7,11H,4-6,8H2,1-3H3/t11-/m1/s1. The second-order valence-electron chi connectivity index (χ2n) is 5.21. The van der Waals surface area contributed by atoms with Crippen molar-refractivity contribution < 1.29 is 13.2 Å². The third-order valence-electron chi connectivity index (χ3n) is 3.74. The molecule has 1 aromatic rings. The number of hydrogen-bond acceptors (Lipinski definition) is 3. The maximum absolute atomic E-state index is 12.9. The van der Waals surface area contributed by atoms with E-state index in [-0.39, 0.29) is 16.0 Å². The van der Waals surface area contributed by atoms with Crippen molar-refractivity contribution in [1.29, 1.82) is 0 Å². The Kier molecular flexibility index (Phi) is 5.21. The lowest BCUT2D eigenvalue weighted by Crippen LogP contribution is -2.45. The molecule has 21 heavy (non-hydrogen) atoms. The molecule has 1 atom stereocenters. The highest BCUT2D eigenvalue weighted by Crippen LogP contribution is 2.35. The summed E-state index contributed by atoms with van der Waals surface area (Å²) < 4.78 is 32.8. The molecule has 1 saturated heterocycles. The van der Waals surface area contributed by atoms with E-state index in [0.29, 0.717) is 35.8 Å². The van der Waals surface area contributed by atoms with E-state index in [1.165, 1.54) is 4.31 Å². The van der Waals surface area contributed by atoms with Gasteiger partial charge in [-0.05, 0) is 37.5 Å². The predicted molar refractivity (Wildman–Crippen MR) is 84.7 cm³/mol. The van der Waals surface area contributed by atoms with Crippen molar-refractivity contribution in [1.82, 2.24) is 4.31 Å². The molecule has 0 amide bonds. The summed E-state index contributed by atoms with van der Waals surface area (Å²) in [5.74, 6) is 0. The van der Waals surface area contributed by atoms with Gasteiger partial charge in [0.15, 0.2) is 0 Å². The number of hydrogen-bond donors (Lipinski definition) is 0. The second kappa shape index (κ2) is 6.42. The summed E-state index contributed by atoms with van der Waals surface area (Å²) >= 11 is 12.4. The average Bonchev–Trinajstić information content (AvgIpc) is 2.45. The van der Waals surface area contributed by atoms with E-state index < -0.39 is 10.0 Å². The van der Waals surface area contributed by atoms with Crippen LogP contribution < -0.4 is 0 Å². The number of ether oxygens (including phenoxy) is 1. The van der Waals surface area contributed by atoms with E-state index in [4.69, 9.17) is 27.9 Å². The van der Waals surface area contributed by atoms with Crippen LogP contribution in [0.15, 0.2) is 11.0 Å². The van der Waals surface area contributed by atoms with Crippen molar-refractivity contribution in [2.75, 3.05) is 19.7 Å². The summed E-state index contributed by atoms with van der Waals surface area (Å²) in [5.41, 5.74) is 1.15. The molecule has 0 aromatic heterocycles. The number of morpholine rings is 1. The first-order chi connectivity index (χ1) is 9.78. The SMILES string of the molecule is CC[C@@H]1CN(S(=O)(=O)c2c(C)c(Cl)cc(C)c2Cl)CCO1. The summed E-state index contributed by atoms with van der Waals surface area (Å²) in [5, 5.41) is 0.659. The fraction of sp³-hybridized carbons (Fsp3) is 0.571. The van der Waals surface area contributed by atoms with Gasteiger partial charge >= 0.3 is 0 Å². The topological polar surface area (TPSA) is 46.6 Å². The predicted octanol–water partition coefficient (Wildman–Crippen LogP) is 3.41. The lowest BCUT2D eigenvalue weighted by Gasteiger charge is -2.32. The number of aryl methyl sites for hydroxylation is 1. The molecule has 1 aliphatic rings. The summed E-state index contributed by atoms with van der Waals surface area (Å²) in [4.78, 5) is 0.117. The van der Waals surface area contributed by atoms with Crippen molar-refractivity contribution in [2.24, 2.45) is 0 Å². The average molecular weight is 352 g/mol. The van der Waals surface area contributed by atoms with Crippen molar-refractivity contribution >= 4 is 33.2 Å². The molecular formula is C14H19Cl2NO3S. The largest absolute Gasteiger partial charge is 0.375 e. The van der Waals surface area contributed by atoms with Crippen LogP contribution in [0, 0.1) is 13.8 Å². The van der Waals surface area contributed by atoms with E-state index in [1.54, 1.807) is 19.9 Å². The first-order valence-corrected chi connectivity index (χ1v) is 9.05. The Morgan fingerprint density at radius 1 is 1.38 bits per heavy atom. The van der Waals surface area contributed by atoms with Crippen molar-refractivity contribution in [2.45, 2.75) is 38.2 Å². The maximum Gasteiger partial charge on any atom is 0.245 e. The van der Waals surface area contributed by atoms with Gasteiger partial charge in [0, 0.05) is 18.1 Å². The van der Waals surface area contributed by atoms with E-state index in [1.807, 2.05) is 6.92 Å². The van der Waals surface area contributed by atoms with Gasteiger partial charge in [0.2, 0.25) is 10.0 Å². The molecule has 0 aliphatic carbocycles. The summed E-state index contributed by atoms with van der Waals surface area (Å²) in [6.07, 6.45) is 0.695. The van der Waals surface area contributed by atoms with Crippen LogP contribution >= 0.6 is 23.2 Å². The van der Waals surface area contributed by atoms with Crippen LogP contribution in [-0.4, -0.2) is 38.5 Å². The molecule has 0 saturated carbocycles. The zero-order chi connectivity index (χ0) is 15.8. The zero-order valence-electron chi connectivity index (χ0n) is 12.3. The molecule has 1 heterocycles. The second-order valence-corrected chi connectivity index (χ2v) is 7.87. The molecule has 0 bridgehead atoms. The van der Waals surface area contributed by atoms with Crippen LogP contribution in [0.3, 0.4) is 0 Å². The number of nitrogens with zero attached hydrogens (tertiary/aromatic N) is 1. The molecule has 2 rings (SSSR count). The molecule has 7 heteroatoms. The van der Waals surface area contributed by atoms with Gasteiger partial charge in [0.1, 0.15) is 4.90 Å². The lowest BCUT2D eigenvalue weighted by molar-refractivity contribution is -0.00278. The van der Waals surface area contributed by atoms with Gasteiger partial charge in [0.25, 0.3) is 0 Å². The Morgan fingerprint density at radius 2 is 2.05 bits per heavy atom.